The minimum atomic E-state index is -0.178. The molecule has 0 saturated heterocycles. The molecule has 4 aliphatic rings. The number of carbonyl (C=O) groups is 1. The molecule has 0 radical (unpaired) electrons. The van der Waals surface area contributed by atoms with Gasteiger partial charge in [0.1, 0.15) is 18.0 Å². The second-order valence-corrected chi connectivity index (χ2v) is 9.98. The van der Waals surface area contributed by atoms with Crippen LogP contribution in [0.3, 0.4) is 0 Å². The summed E-state index contributed by atoms with van der Waals surface area (Å²) in [6.07, 6.45) is 8.80. The molecular weight excluding hydrogens is 402 g/mol. The average molecular weight is 430 g/mol. The number of ether oxygens (including phenoxy) is 1. The summed E-state index contributed by atoms with van der Waals surface area (Å²) in [4.78, 5) is 30.1. The van der Waals surface area contributed by atoms with Gasteiger partial charge in [-0.15, -0.1) is 0 Å². The highest BCUT2D eigenvalue weighted by molar-refractivity contribution is 5.95. The molecule has 6 heteroatoms. The molecule has 4 fully saturated rings. The average Bonchev–Trinajstić information content (AvgIpc) is 2.77. The highest BCUT2D eigenvalue weighted by Gasteiger charge is 2.54. The first-order chi connectivity index (χ1) is 15.6. The molecular formula is C26H27N3O3. The van der Waals surface area contributed by atoms with E-state index in [1.807, 2.05) is 30.3 Å². The van der Waals surface area contributed by atoms with Crippen LogP contribution in [0.2, 0.25) is 0 Å². The molecule has 3 aromatic rings. The number of hydrogen-bond acceptors (Lipinski definition) is 4. The van der Waals surface area contributed by atoms with Crippen molar-refractivity contribution in [3.05, 3.63) is 70.8 Å². The third-order valence-corrected chi connectivity index (χ3v) is 7.62. The van der Waals surface area contributed by atoms with Crippen molar-refractivity contribution in [1.82, 2.24) is 9.38 Å². The second kappa shape index (κ2) is 7.47. The molecule has 4 saturated carbocycles. The van der Waals surface area contributed by atoms with E-state index in [0.717, 1.165) is 42.7 Å². The summed E-state index contributed by atoms with van der Waals surface area (Å²) in [5.41, 5.74) is 1.61. The summed E-state index contributed by atoms with van der Waals surface area (Å²) in [7, 11) is 0. The predicted molar refractivity (Wildman–Crippen MR) is 121 cm³/mol. The van der Waals surface area contributed by atoms with E-state index in [0.29, 0.717) is 17.1 Å². The summed E-state index contributed by atoms with van der Waals surface area (Å²) in [6, 6.07) is 14.4. The standard InChI is InChI=1S/C26H27N3O3/c30-24-12-21(27-23-6-1-2-7-29(23)24)16-32-22-5-3-4-20(11-22)28-25(31)26-13-17-8-18(14-26)10-19(9-17)15-26/h1-7,11-12,17-19H,8-10,13-16H2,(H,28,31). The molecule has 164 valence electrons. The number of nitrogens with one attached hydrogen (secondary N) is 1. The maximum Gasteiger partial charge on any atom is 0.258 e. The van der Waals surface area contributed by atoms with Gasteiger partial charge in [-0.3, -0.25) is 14.0 Å². The van der Waals surface area contributed by atoms with E-state index >= 15 is 0 Å². The SMILES string of the molecule is O=C(Nc1cccc(OCc2cc(=O)n3ccccc3n2)c1)C12CC3CC(CC(C3)C1)C2. The molecule has 4 aliphatic carbocycles. The summed E-state index contributed by atoms with van der Waals surface area (Å²) in [6.45, 7) is 0.188. The molecule has 1 amide bonds. The van der Waals surface area contributed by atoms with E-state index in [9.17, 15) is 9.59 Å². The number of carbonyl (C=O) groups excluding carboxylic acids is 1. The number of nitrogens with zero attached hydrogens (tertiary/aromatic N) is 2. The fraction of sp³-hybridized carbons (Fsp3) is 0.423. The lowest BCUT2D eigenvalue weighted by atomic mass is 9.49. The third-order valence-electron chi connectivity index (χ3n) is 7.62. The first-order valence-electron chi connectivity index (χ1n) is 11.6. The zero-order valence-corrected chi connectivity index (χ0v) is 18.0. The molecule has 6 nitrogen and oxygen atoms in total. The first-order valence-corrected chi connectivity index (χ1v) is 11.6. The van der Waals surface area contributed by atoms with Crippen molar-refractivity contribution in [3.63, 3.8) is 0 Å². The Balaban J connectivity index is 1.15. The Hall–Kier alpha value is -3.15. The number of hydrogen-bond donors (Lipinski definition) is 1. The largest absolute Gasteiger partial charge is 0.487 e. The van der Waals surface area contributed by atoms with Crippen LogP contribution in [-0.2, 0) is 11.4 Å². The topological polar surface area (TPSA) is 72.7 Å². The van der Waals surface area contributed by atoms with E-state index in [1.165, 1.54) is 29.7 Å². The summed E-state index contributed by atoms with van der Waals surface area (Å²) in [5.74, 6) is 3.03. The van der Waals surface area contributed by atoms with Crippen LogP contribution in [0.25, 0.3) is 5.65 Å². The van der Waals surface area contributed by atoms with Gasteiger partial charge in [-0.05, 0) is 80.5 Å². The van der Waals surface area contributed by atoms with Crippen LogP contribution < -0.4 is 15.6 Å². The summed E-state index contributed by atoms with van der Waals surface area (Å²) in [5, 5.41) is 3.18. The van der Waals surface area contributed by atoms with Crippen LogP contribution >= 0.6 is 0 Å². The highest BCUT2D eigenvalue weighted by atomic mass is 16.5. The zero-order chi connectivity index (χ0) is 21.7. The molecule has 2 aromatic heterocycles. The molecule has 0 spiro atoms. The van der Waals surface area contributed by atoms with Gasteiger partial charge in [-0.1, -0.05) is 12.1 Å². The Morgan fingerprint density at radius 1 is 1.03 bits per heavy atom. The fourth-order valence-electron chi connectivity index (χ4n) is 6.65. The van der Waals surface area contributed by atoms with Gasteiger partial charge in [-0.25, -0.2) is 4.98 Å². The Morgan fingerprint density at radius 2 is 1.78 bits per heavy atom. The van der Waals surface area contributed by atoms with E-state index in [4.69, 9.17) is 4.74 Å². The van der Waals surface area contributed by atoms with Gasteiger partial charge < -0.3 is 10.1 Å². The van der Waals surface area contributed by atoms with Crippen LogP contribution in [0.5, 0.6) is 5.75 Å². The predicted octanol–water partition coefficient (Wildman–Crippen LogP) is 4.43. The lowest BCUT2D eigenvalue weighted by Crippen LogP contribution is -2.51. The maximum absolute atomic E-state index is 13.3. The van der Waals surface area contributed by atoms with Crippen molar-refractivity contribution in [2.75, 3.05) is 5.32 Å². The second-order valence-electron chi connectivity index (χ2n) is 9.98. The number of rotatable bonds is 5. The van der Waals surface area contributed by atoms with E-state index in [1.54, 1.807) is 18.3 Å². The van der Waals surface area contributed by atoms with Crippen LogP contribution in [0.4, 0.5) is 5.69 Å². The Morgan fingerprint density at radius 3 is 2.53 bits per heavy atom. The van der Waals surface area contributed by atoms with Crippen LogP contribution in [0, 0.1) is 23.2 Å². The number of pyridine rings is 1. The van der Waals surface area contributed by atoms with Crippen molar-refractivity contribution < 1.29 is 9.53 Å². The fourth-order valence-corrected chi connectivity index (χ4v) is 6.65. The van der Waals surface area contributed by atoms with Gasteiger partial charge in [0.25, 0.3) is 5.56 Å². The monoisotopic (exact) mass is 429 g/mol. The van der Waals surface area contributed by atoms with Crippen molar-refractivity contribution in [3.8, 4) is 5.75 Å². The minimum absolute atomic E-state index is 0.134. The van der Waals surface area contributed by atoms with Gasteiger partial charge in [0, 0.05) is 24.0 Å². The van der Waals surface area contributed by atoms with Gasteiger partial charge >= 0.3 is 0 Å². The number of fused-ring (bicyclic) bond motifs is 1. The smallest absolute Gasteiger partial charge is 0.258 e. The van der Waals surface area contributed by atoms with E-state index in [-0.39, 0.29) is 23.5 Å². The number of amides is 1. The van der Waals surface area contributed by atoms with Crippen LogP contribution in [0.1, 0.15) is 44.2 Å². The van der Waals surface area contributed by atoms with Crippen molar-refractivity contribution in [1.29, 1.82) is 0 Å². The van der Waals surface area contributed by atoms with E-state index in [2.05, 4.69) is 10.3 Å². The summed E-state index contributed by atoms with van der Waals surface area (Å²) >= 11 is 0. The number of benzene rings is 1. The molecule has 0 unspecified atom stereocenters. The Bertz CT molecular complexity index is 1210. The molecule has 32 heavy (non-hydrogen) atoms. The Kier molecular flexibility index (Phi) is 4.56. The van der Waals surface area contributed by atoms with Gasteiger partial charge in [0.2, 0.25) is 5.91 Å². The first kappa shape index (κ1) is 19.5. The molecule has 1 N–H and O–H groups in total. The summed E-state index contributed by atoms with van der Waals surface area (Å²) < 4.78 is 7.41. The molecule has 0 aliphatic heterocycles. The van der Waals surface area contributed by atoms with Crippen molar-refractivity contribution >= 4 is 17.2 Å². The number of anilines is 1. The number of aromatic nitrogens is 2. The maximum atomic E-state index is 13.3. The highest BCUT2D eigenvalue weighted by Crippen LogP contribution is 2.60. The molecule has 2 heterocycles. The zero-order valence-electron chi connectivity index (χ0n) is 18.0. The molecule has 0 atom stereocenters. The van der Waals surface area contributed by atoms with Crippen LogP contribution in [0.15, 0.2) is 59.5 Å². The normalized spacial score (nSPS) is 28.1. The lowest BCUT2D eigenvalue weighted by molar-refractivity contribution is -0.140. The molecule has 4 bridgehead atoms. The van der Waals surface area contributed by atoms with Crippen molar-refractivity contribution in [2.24, 2.45) is 23.2 Å². The molecule has 1 aromatic carbocycles. The van der Waals surface area contributed by atoms with Crippen LogP contribution in [-0.4, -0.2) is 15.3 Å². The van der Waals surface area contributed by atoms with Gasteiger partial charge in [0.05, 0.1) is 11.1 Å². The van der Waals surface area contributed by atoms with Gasteiger partial charge in [-0.2, -0.15) is 0 Å². The minimum Gasteiger partial charge on any atom is -0.487 e. The third kappa shape index (κ3) is 3.48. The van der Waals surface area contributed by atoms with Gasteiger partial charge in [0.15, 0.2) is 0 Å². The molecule has 7 rings (SSSR count). The van der Waals surface area contributed by atoms with E-state index < -0.39 is 0 Å². The Labute approximate surface area is 186 Å². The lowest BCUT2D eigenvalue weighted by Gasteiger charge is -2.55. The van der Waals surface area contributed by atoms with Crippen molar-refractivity contribution in [2.45, 2.75) is 45.1 Å². The quantitative estimate of drug-likeness (QED) is 0.651.